The van der Waals surface area contributed by atoms with Crippen LogP contribution in [-0.4, -0.2) is 25.1 Å². The molecule has 46 valence electrons. The molecule has 1 heteroatoms. The Kier molecular flexibility index (Phi) is 2.49. The molecule has 0 radical (unpaired) electrons. The van der Waals surface area contributed by atoms with Crippen molar-refractivity contribution in [3.63, 3.8) is 0 Å². The van der Waals surface area contributed by atoms with Gasteiger partial charge in [0.1, 0.15) is 6.54 Å². The van der Waals surface area contributed by atoms with Crippen molar-refractivity contribution in [1.82, 2.24) is 0 Å². The molecule has 0 aliphatic heterocycles. The first kappa shape index (κ1) is 7.44. The molecule has 0 atom stereocenters. The zero-order valence-electron chi connectivity index (χ0n) is 5.72. The summed E-state index contributed by atoms with van der Waals surface area (Å²) in [5, 5.41) is 0. The Morgan fingerprint density at radius 3 is 2.00 bits per heavy atom. The third-order valence-corrected chi connectivity index (χ3v) is 1.09. The van der Waals surface area contributed by atoms with E-state index in [-0.39, 0.29) is 0 Å². The van der Waals surface area contributed by atoms with Crippen LogP contribution in [0.25, 0.3) is 0 Å². The van der Waals surface area contributed by atoms with Crippen molar-refractivity contribution in [3.8, 4) is 0 Å². The van der Waals surface area contributed by atoms with Crippen LogP contribution in [0.15, 0.2) is 25.4 Å². The quantitative estimate of drug-likeness (QED) is 0.382. The summed E-state index contributed by atoms with van der Waals surface area (Å²) >= 11 is 0. The lowest BCUT2D eigenvalue weighted by Gasteiger charge is -2.21. The Morgan fingerprint density at radius 2 is 1.88 bits per heavy atom. The van der Waals surface area contributed by atoms with Gasteiger partial charge in [0.15, 0.2) is 0 Å². The van der Waals surface area contributed by atoms with E-state index in [4.69, 9.17) is 0 Å². The summed E-state index contributed by atoms with van der Waals surface area (Å²) in [7, 11) is 4.16. The zero-order chi connectivity index (χ0) is 6.62. The summed E-state index contributed by atoms with van der Waals surface area (Å²) in [6, 6.07) is 0. The lowest BCUT2D eigenvalue weighted by Crippen LogP contribution is -2.32. The maximum absolute atomic E-state index is 3.68. The number of hydrogen-bond donors (Lipinski definition) is 0. The van der Waals surface area contributed by atoms with Crippen LogP contribution in [0.3, 0.4) is 0 Å². The van der Waals surface area contributed by atoms with E-state index in [9.17, 15) is 0 Å². The molecule has 0 spiro atoms. The molecular weight excluding hydrogens is 98.1 g/mol. The van der Waals surface area contributed by atoms with Gasteiger partial charge in [-0.25, -0.2) is 0 Å². The molecular formula is C7H14N+. The lowest BCUT2D eigenvalue weighted by molar-refractivity contribution is -0.832. The fraction of sp³-hybridized carbons (Fsp3) is 0.429. The summed E-state index contributed by atoms with van der Waals surface area (Å²) in [5.74, 6) is 0. The van der Waals surface area contributed by atoms with Crippen molar-refractivity contribution in [2.75, 3.05) is 20.6 Å². The molecule has 0 unspecified atom stereocenters. The SMILES string of the molecule is C=CC[N+](C)(C)C=C. The molecule has 0 aliphatic rings. The Bertz CT molecular complexity index is 92.6. The van der Waals surface area contributed by atoms with Gasteiger partial charge in [-0.15, -0.1) is 0 Å². The van der Waals surface area contributed by atoms with E-state index in [0.717, 1.165) is 11.0 Å². The maximum Gasteiger partial charge on any atom is 0.101 e. The molecule has 0 saturated carbocycles. The minimum atomic E-state index is 0.809. The summed E-state index contributed by atoms with van der Waals surface area (Å²) in [5.41, 5.74) is 0. The fourth-order valence-electron chi connectivity index (χ4n) is 0.407. The van der Waals surface area contributed by atoms with Crippen molar-refractivity contribution in [1.29, 1.82) is 0 Å². The van der Waals surface area contributed by atoms with Crippen LogP contribution in [0.4, 0.5) is 0 Å². The Balaban J connectivity index is 3.70. The highest BCUT2D eigenvalue weighted by atomic mass is 15.3. The van der Waals surface area contributed by atoms with Gasteiger partial charge < -0.3 is 0 Å². The van der Waals surface area contributed by atoms with E-state index >= 15 is 0 Å². The van der Waals surface area contributed by atoms with E-state index in [0.29, 0.717) is 0 Å². The van der Waals surface area contributed by atoms with Crippen molar-refractivity contribution in [2.45, 2.75) is 0 Å². The Morgan fingerprint density at radius 1 is 1.38 bits per heavy atom. The van der Waals surface area contributed by atoms with Crippen LogP contribution in [-0.2, 0) is 0 Å². The van der Waals surface area contributed by atoms with Gasteiger partial charge in [-0.1, -0.05) is 6.58 Å². The number of nitrogens with zero attached hydrogens (tertiary/aromatic N) is 1. The average molecular weight is 112 g/mol. The average Bonchev–Trinajstić information content (AvgIpc) is 1.67. The van der Waals surface area contributed by atoms with Crippen LogP contribution < -0.4 is 0 Å². The maximum atomic E-state index is 3.68. The van der Waals surface area contributed by atoms with Gasteiger partial charge in [0, 0.05) is 0 Å². The highest BCUT2D eigenvalue weighted by Crippen LogP contribution is 1.94. The zero-order valence-corrected chi connectivity index (χ0v) is 5.72. The molecule has 0 N–H and O–H groups in total. The second kappa shape index (κ2) is 2.68. The van der Waals surface area contributed by atoms with Gasteiger partial charge in [-0.2, -0.15) is 0 Å². The smallest absolute Gasteiger partial charge is 0.101 e. The third-order valence-electron chi connectivity index (χ3n) is 1.09. The monoisotopic (exact) mass is 112 g/mol. The molecule has 8 heavy (non-hydrogen) atoms. The van der Waals surface area contributed by atoms with Crippen LogP contribution in [0, 0.1) is 0 Å². The highest BCUT2D eigenvalue weighted by molar-refractivity contribution is 4.67. The van der Waals surface area contributed by atoms with Crippen LogP contribution in [0.2, 0.25) is 0 Å². The van der Waals surface area contributed by atoms with E-state index in [1.54, 1.807) is 0 Å². The Labute approximate surface area is 51.5 Å². The molecule has 0 saturated heterocycles. The van der Waals surface area contributed by atoms with E-state index < -0.39 is 0 Å². The standard InChI is InChI=1S/C7H14N/c1-5-7-8(3,4)6-2/h5-6H,1-2,7H2,3-4H3/q+1. The molecule has 0 rings (SSSR count). The fourth-order valence-corrected chi connectivity index (χ4v) is 0.407. The van der Waals surface area contributed by atoms with Gasteiger partial charge in [-0.05, 0) is 12.7 Å². The molecule has 0 aliphatic carbocycles. The van der Waals surface area contributed by atoms with Crippen molar-refractivity contribution < 1.29 is 4.48 Å². The first-order valence-corrected chi connectivity index (χ1v) is 2.69. The third kappa shape index (κ3) is 2.59. The number of likely N-dealkylation sites (N-methyl/N-ethyl adjacent to an activating group) is 1. The van der Waals surface area contributed by atoms with Crippen LogP contribution in [0.1, 0.15) is 0 Å². The highest BCUT2D eigenvalue weighted by Gasteiger charge is 2.03. The first-order valence-electron chi connectivity index (χ1n) is 2.69. The van der Waals surface area contributed by atoms with Crippen molar-refractivity contribution in [2.24, 2.45) is 0 Å². The second-order valence-corrected chi connectivity index (χ2v) is 2.43. The summed E-state index contributed by atoms with van der Waals surface area (Å²) < 4.78 is 0.809. The lowest BCUT2D eigenvalue weighted by atomic mass is 10.5. The number of rotatable bonds is 3. The van der Waals surface area contributed by atoms with Gasteiger partial charge >= 0.3 is 0 Å². The van der Waals surface area contributed by atoms with Crippen molar-refractivity contribution in [3.05, 3.63) is 25.4 Å². The predicted octanol–water partition coefficient (Wildman–Crippen LogP) is 1.39. The first-order chi connectivity index (χ1) is 3.62. The minimum absolute atomic E-state index is 0.809. The molecule has 0 amide bonds. The molecule has 0 fully saturated rings. The molecule has 0 aromatic heterocycles. The largest absolute Gasteiger partial charge is 0.299 e. The summed E-state index contributed by atoms with van der Waals surface area (Å²) in [4.78, 5) is 0. The van der Waals surface area contributed by atoms with Gasteiger partial charge in [0.05, 0.1) is 20.3 Å². The normalized spacial score (nSPS) is 10.8. The van der Waals surface area contributed by atoms with Crippen LogP contribution >= 0.6 is 0 Å². The molecule has 1 nitrogen and oxygen atoms in total. The van der Waals surface area contributed by atoms with E-state index in [1.807, 2.05) is 12.3 Å². The van der Waals surface area contributed by atoms with Crippen molar-refractivity contribution >= 4 is 0 Å². The van der Waals surface area contributed by atoms with Gasteiger partial charge in [0.25, 0.3) is 0 Å². The van der Waals surface area contributed by atoms with Gasteiger partial charge in [-0.3, -0.25) is 4.48 Å². The molecule has 0 heterocycles. The molecule has 0 aromatic rings. The minimum Gasteiger partial charge on any atom is -0.299 e. The van der Waals surface area contributed by atoms with E-state index in [1.165, 1.54) is 0 Å². The predicted molar refractivity (Wildman–Crippen MR) is 37.4 cm³/mol. The summed E-state index contributed by atoms with van der Waals surface area (Å²) in [6.07, 6.45) is 3.78. The second-order valence-electron chi connectivity index (χ2n) is 2.43. The summed E-state index contributed by atoms with van der Waals surface area (Å²) in [6.45, 7) is 8.25. The van der Waals surface area contributed by atoms with Crippen LogP contribution in [0.5, 0.6) is 0 Å². The number of quaternary nitrogens is 1. The van der Waals surface area contributed by atoms with Gasteiger partial charge in [0.2, 0.25) is 0 Å². The molecule has 0 aromatic carbocycles. The van der Waals surface area contributed by atoms with E-state index in [2.05, 4.69) is 27.3 Å². The Hall–Kier alpha value is -0.560. The number of hydrogen-bond acceptors (Lipinski definition) is 0. The topological polar surface area (TPSA) is 0 Å². The molecule has 0 bridgehead atoms.